The summed E-state index contributed by atoms with van der Waals surface area (Å²) in [6.45, 7) is 8.87. The number of nitrogens with one attached hydrogen (secondary N) is 1. The number of likely N-dealkylation sites (N-methyl/N-ethyl adjacent to an activating group) is 2. The van der Waals surface area contributed by atoms with Crippen molar-refractivity contribution >= 4 is 11.6 Å². The molecule has 20 heavy (non-hydrogen) atoms. The third kappa shape index (κ3) is 4.23. The molecular formula is C16H27N3O. The monoisotopic (exact) mass is 277 g/mol. The van der Waals surface area contributed by atoms with Crippen molar-refractivity contribution in [3.8, 4) is 0 Å². The SMILES string of the molecule is CCN(CC)C(=O)CN(C)c1ccc(C)cc1CNC. The molecule has 0 aliphatic carbocycles. The van der Waals surface area contributed by atoms with Crippen LogP contribution in [0.5, 0.6) is 0 Å². The van der Waals surface area contributed by atoms with E-state index >= 15 is 0 Å². The lowest BCUT2D eigenvalue weighted by Gasteiger charge is -2.26. The Bertz CT molecular complexity index is 441. The van der Waals surface area contributed by atoms with Crippen molar-refractivity contribution in [2.45, 2.75) is 27.3 Å². The highest BCUT2D eigenvalue weighted by Gasteiger charge is 2.14. The summed E-state index contributed by atoms with van der Waals surface area (Å²) >= 11 is 0. The van der Waals surface area contributed by atoms with Gasteiger partial charge in [0.15, 0.2) is 0 Å². The second kappa shape index (κ2) is 7.90. The molecule has 1 N–H and O–H groups in total. The Hall–Kier alpha value is -1.55. The summed E-state index contributed by atoms with van der Waals surface area (Å²) in [5.41, 5.74) is 3.58. The number of carbonyl (C=O) groups excluding carboxylic acids is 1. The molecule has 112 valence electrons. The van der Waals surface area contributed by atoms with Gasteiger partial charge < -0.3 is 15.1 Å². The fourth-order valence-electron chi connectivity index (χ4n) is 2.38. The molecule has 0 aliphatic rings. The van der Waals surface area contributed by atoms with Gasteiger partial charge in [-0.3, -0.25) is 4.79 Å². The summed E-state index contributed by atoms with van der Waals surface area (Å²) in [4.78, 5) is 16.1. The highest BCUT2D eigenvalue weighted by Crippen LogP contribution is 2.21. The number of anilines is 1. The molecule has 1 aromatic rings. The van der Waals surface area contributed by atoms with Crippen LogP contribution in [-0.4, -0.2) is 44.5 Å². The van der Waals surface area contributed by atoms with E-state index < -0.39 is 0 Å². The molecule has 0 saturated carbocycles. The molecule has 0 unspecified atom stereocenters. The summed E-state index contributed by atoms with van der Waals surface area (Å²) in [5.74, 6) is 0.175. The van der Waals surface area contributed by atoms with E-state index in [1.807, 2.05) is 37.7 Å². The van der Waals surface area contributed by atoms with Crippen molar-refractivity contribution in [1.82, 2.24) is 10.2 Å². The normalized spacial score (nSPS) is 10.4. The standard InChI is InChI=1S/C16H27N3O/c1-6-19(7-2)16(20)12-18(5)15-9-8-13(3)10-14(15)11-17-4/h8-10,17H,6-7,11-12H2,1-5H3. The van der Waals surface area contributed by atoms with Crippen molar-refractivity contribution < 1.29 is 4.79 Å². The molecule has 1 amide bonds. The van der Waals surface area contributed by atoms with E-state index in [9.17, 15) is 4.79 Å². The Kier molecular flexibility index (Phi) is 6.52. The minimum absolute atomic E-state index is 0.175. The Morgan fingerprint density at radius 1 is 1.25 bits per heavy atom. The quantitative estimate of drug-likeness (QED) is 0.828. The van der Waals surface area contributed by atoms with Crippen molar-refractivity contribution in [3.63, 3.8) is 0 Å². The molecule has 0 aromatic heterocycles. The van der Waals surface area contributed by atoms with Crippen LogP contribution in [0.2, 0.25) is 0 Å². The number of aryl methyl sites for hydroxylation is 1. The first-order valence-corrected chi connectivity index (χ1v) is 7.26. The van der Waals surface area contributed by atoms with Crippen molar-refractivity contribution in [1.29, 1.82) is 0 Å². The second-order valence-corrected chi connectivity index (χ2v) is 5.08. The number of hydrogen-bond acceptors (Lipinski definition) is 3. The number of amides is 1. The molecule has 0 fully saturated rings. The van der Waals surface area contributed by atoms with Gasteiger partial charge in [-0.2, -0.15) is 0 Å². The first-order chi connectivity index (χ1) is 9.53. The summed E-state index contributed by atoms with van der Waals surface area (Å²) in [6, 6.07) is 6.36. The predicted octanol–water partition coefficient (Wildman–Crippen LogP) is 2.02. The minimum atomic E-state index is 0.175. The topological polar surface area (TPSA) is 35.6 Å². The molecule has 4 nitrogen and oxygen atoms in total. The van der Waals surface area contributed by atoms with Crippen LogP contribution in [0.4, 0.5) is 5.69 Å². The molecule has 0 bridgehead atoms. The van der Waals surface area contributed by atoms with Crippen molar-refractivity contribution in [3.05, 3.63) is 29.3 Å². The van der Waals surface area contributed by atoms with Gasteiger partial charge in [-0.05, 0) is 39.4 Å². The largest absolute Gasteiger partial charge is 0.365 e. The van der Waals surface area contributed by atoms with Crippen LogP contribution in [0.1, 0.15) is 25.0 Å². The number of carbonyl (C=O) groups is 1. The van der Waals surface area contributed by atoms with Gasteiger partial charge in [-0.1, -0.05) is 17.7 Å². The minimum Gasteiger partial charge on any atom is -0.365 e. The van der Waals surface area contributed by atoms with Crippen molar-refractivity contribution in [2.24, 2.45) is 0 Å². The highest BCUT2D eigenvalue weighted by atomic mass is 16.2. The van der Waals surface area contributed by atoms with Gasteiger partial charge in [0.1, 0.15) is 0 Å². The number of hydrogen-bond donors (Lipinski definition) is 1. The number of rotatable bonds is 7. The number of benzene rings is 1. The Balaban J connectivity index is 2.86. The van der Waals surface area contributed by atoms with Gasteiger partial charge in [0.05, 0.1) is 6.54 Å². The van der Waals surface area contributed by atoms with E-state index in [0.29, 0.717) is 6.54 Å². The summed E-state index contributed by atoms with van der Waals surface area (Å²) in [7, 11) is 3.92. The lowest BCUT2D eigenvalue weighted by molar-refractivity contribution is -0.129. The van der Waals surface area contributed by atoms with Crippen LogP contribution in [0.25, 0.3) is 0 Å². The van der Waals surface area contributed by atoms with Crippen LogP contribution in [0.15, 0.2) is 18.2 Å². The van der Waals surface area contributed by atoms with E-state index in [4.69, 9.17) is 0 Å². The van der Waals surface area contributed by atoms with E-state index in [-0.39, 0.29) is 5.91 Å². The second-order valence-electron chi connectivity index (χ2n) is 5.08. The average Bonchev–Trinajstić information content (AvgIpc) is 2.40. The van der Waals surface area contributed by atoms with Gasteiger partial charge in [0, 0.05) is 32.4 Å². The maximum atomic E-state index is 12.2. The summed E-state index contributed by atoms with van der Waals surface area (Å²) in [6.07, 6.45) is 0. The Labute approximate surface area is 122 Å². The lowest BCUT2D eigenvalue weighted by Crippen LogP contribution is -2.39. The van der Waals surface area contributed by atoms with E-state index in [1.165, 1.54) is 11.1 Å². The van der Waals surface area contributed by atoms with Crippen LogP contribution < -0.4 is 10.2 Å². The Morgan fingerprint density at radius 2 is 1.90 bits per heavy atom. The fraction of sp³-hybridized carbons (Fsp3) is 0.562. The third-order valence-electron chi connectivity index (χ3n) is 3.50. The van der Waals surface area contributed by atoms with Crippen LogP contribution in [0, 0.1) is 6.92 Å². The molecular weight excluding hydrogens is 250 g/mol. The van der Waals surface area contributed by atoms with Crippen LogP contribution in [0.3, 0.4) is 0 Å². The van der Waals surface area contributed by atoms with Gasteiger partial charge in [-0.25, -0.2) is 0 Å². The van der Waals surface area contributed by atoms with Crippen LogP contribution in [-0.2, 0) is 11.3 Å². The van der Waals surface area contributed by atoms with Gasteiger partial charge >= 0.3 is 0 Å². The maximum absolute atomic E-state index is 12.2. The maximum Gasteiger partial charge on any atom is 0.242 e. The lowest BCUT2D eigenvalue weighted by atomic mass is 10.1. The Morgan fingerprint density at radius 3 is 2.45 bits per heavy atom. The molecule has 1 aromatic carbocycles. The fourth-order valence-corrected chi connectivity index (χ4v) is 2.38. The molecule has 0 radical (unpaired) electrons. The van der Waals surface area contributed by atoms with E-state index in [1.54, 1.807) is 0 Å². The average molecular weight is 277 g/mol. The molecule has 0 heterocycles. The molecule has 0 saturated heterocycles. The van der Waals surface area contributed by atoms with Gasteiger partial charge in [-0.15, -0.1) is 0 Å². The first-order valence-electron chi connectivity index (χ1n) is 7.26. The summed E-state index contributed by atoms with van der Waals surface area (Å²) < 4.78 is 0. The molecule has 0 spiro atoms. The predicted molar refractivity (Wildman–Crippen MR) is 85.1 cm³/mol. The molecule has 1 rings (SSSR count). The molecule has 4 heteroatoms. The van der Waals surface area contributed by atoms with E-state index in [0.717, 1.165) is 25.3 Å². The summed E-state index contributed by atoms with van der Waals surface area (Å²) in [5, 5.41) is 3.18. The van der Waals surface area contributed by atoms with Crippen LogP contribution >= 0.6 is 0 Å². The molecule has 0 atom stereocenters. The zero-order valence-electron chi connectivity index (χ0n) is 13.4. The zero-order valence-corrected chi connectivity index (χ0v) is 13.4. The smallest absolute Gasteiger partial charge is 0.242 e. The number of nitrogens with zero attached hydrogens (tertiary/aromatic N) is 2. The zero-order chi connectivity index (χ0) is 15.1. The van der Waals surface area contributed by atoms with Gasteiger partial charge in [0.2, 0.25) is 5.91 Å². The first kappa shape index (κ1) is 16.5. The van der Waals surface area contributed by atoms with Gasteiger partial charge in [0.25, 0.3) is 0 Å². The van der Waals surface area contributed by atoms with E-state index in [2.05, 4.69) is 30.4 Å². The highest BCUT2D eigenvalue weighted by molar-refractivity contribution is 5.81. The van der Waals surface area contributed by atoms with Crippen molar-refractivity contribution in [2.75, 3.05) is 38.6 Å². The molecule has 0 aliphatic heterocycles. The third-order valence-corrected chi connectivity index (χ3v) is 3.50.